The molecule has 2 rings (SSSR count). The molecule has 1 unspecified atom stereocenters. The molecule has 2 amide bonds. The molecule has 0 bridgehead atoms. The zero-order valence-corrected chi connectivity index (χ0v) is 14.0. The van der Waals surface area contributed by atoms with Crippen LogP contribution in [0.5, 0.6) is 0 Å². The molecule has 0 aliphatic heterocycles. The Morgan fingerprint density at radius 1 is 1.43 bits per heavy atom. The average Bonchev–Trinajstić information content (AvgIpc) is 3.15. The second kappa shape index (κ2) is 7.04. The number of hydrogen-bond acceptors (Lipinski definition) is 6. The first-order chi connectivity index (χ1) is 10.7. The van der Waals surface area contributed by atoms with Gasteiger partial charge in [0, 0.05) is 13.0 Å². The van der Waals surface area contributed by atoms with Crippen molar-refractivity contribution in [3.8, 4) is 0 Å². The Bertz CT molecular complexity index is 589. The molecular formula is C12H15F3N4O2S2. The fourth-order valence-electron chi connectivity index (χ4n) is 1.76. The second-order valence-corrected chi connectivity index (χ2v) is 7.61. The highest BCUT2D eigenvalue weighted by atomic mass is 32.2. The van der Waals surface area contributed by atoms with Gasteiger partial charge in [0.25, 0.3) is 0 Å². The molecule has 11 heteroatoms. The van der Waals surface area contributed by atoms with Crippen molar-refractivity contribution in [3.05, 3.63) is 0 Å². The molecule has 128 valence electrons. The number of anilines is 1. The van der Waals surface area contributed by atoms with Gasteiger partial charge in [0.2, 0.25) is 16.9 Å². The van der Waals surface area contributed by atoms with Crippen LogP contribution in [0.3, 0.4) is 0 Å². The minimum absolute atomic E-state index is 0.129. The molecule has 23 heavy (non-hydrogen) atoms. The summed E-state index contributed by atoms with van der Waals surface area (Å²) in [5, 5.41) is 9.36. The Kier molecular flexibility index (Phi) is 5.50. The summed E-state index contributed by atoms with van der Waals surface area (Å²) in [6.07, 6.45) is -2.61. The molecule has 0 saturated heterocycles. The molecule has 1 atom stereocenters. The molecule has 1 heterocycles. The first kappa shape index (κ1) is 18.0. The number of rotatable bonds is 6. The van der Waals surface area contributed by atoms with Crippen molar-refractivity contribution >= 4 is 40.0 Å². The number of halogens is 3. The number of alkyl halides is 3. The molecule has 1 saturated carbocycles. The third kappa shape index (κ3) is 5.34. The number of thioether (sulfide) groups is 1. The zero-order valence-electron chi connectivity index (χ0n) is 12.4. The molecule has 1 aromatic rings. The van der Waals surface area contributed by atoms with Gasteiger partial charge in [-0.05, 0) is 19.8 Å². The van der Waals surface area contributed by atoms with E-state index >= 15 is 0 Å². The van der Waals surface area contributed by atoms with Crippen LogP contribution in [0.25, 0.3) is 0 Å². The van der Waals surface area contributed by atoms with Gasteiger partial charge >= 0.3 is 6.18 Å². The van der Waals surface area contributed by atoms with Gasteiger partial charge in [-0.3, -0.25) is 14.5 Å². The number of amides is 2. The van der Waals surface area contributed by atoms with Crippen molar-refractivity contribution in [2.75, 3.05) is 11.4 Å². The standard InChI is InChI=1S/C12H15F3N4O2S2/c1-6(9(21)16-5-12(13,14)15)22-11-18-17-10(23-11)19(7(2)20)8-3-4-8/h6,8H,3-5H2,1-2H3,(H,16,21). The van der Waals surface area contributed by atoms with Gasteiger partial charge in [-0.25, -0.2) is 0 Å². The zero-order chi connectivity index (χ0) is 17.2. The van der Waals surface area contributed by atoms with Gasteiger partial charge in [-0.2, -0.15) is 13.2 Å². The number of carbonyl (C=O) groups is 2. The molecule has 1 fully saturated rings. The molecular weight excluding hydrogens is 353 g/mol. The molecule has 1 aliphatic rings. The fourth-order valence-corrected chi connectivity index (χ4v) is 3.89. The van der Waals surface area contributed by atoms with Crippen LogP contribution in [0.4, 0.5) is 18.3 Å². The Morgan fingerprint density at radius 3 is 2.61 bits per heavy atom. The predicted molar refractivity (Wildman–Crippen MR) is 80.5 cm³/mol. The average molecular weight is 368 g/mol. The normalized spacial score (nSPS) is 16.0. The van der Waals surface area contributed by atoms with Crippen LogP contribution in [0.1, 0.15) is 26.7 Å². The van der Waals surface area contributed by atoms with Crippen LogP contribution in [-0.4, -0.2) is 46.0 Å². The van der Waals surface area contributed by atoms with Crippen LogP contribution in [-0.2, 0) is 9.59 Å². The Labute approximate surface area is 138 Å². The van der Waals surface area contributed by atoms with Crippen molar-refractivity contribution in [2.45, 2.75) is 48.5 Å². The maximum absolute atomic E-state index is 12.1. The third-order valence-electron chi connectivity index (χ3n) is 2.96. The van der Waals surface area contributed by atoms with Crippen molar-refractivity contribution in [1.29, 1.82) is 0 Å². The Balaban J connectivity index is 1.93. The summed E-state index contributed by atoms with van der Waals surface area (Å²) in [7, 11) is 0. The molecule has 1 aromatic heterocycles. The Hall–Kier alpha value is -1.36. The highest BCUT2D eigenvalue weighted by molar-refractivity contribution is 8.02. The van der Waals surface area contributed by atoms with Gasteiger partial charge in [0.05, 0.1) is 5.25 Å². The van der Waals surface area contributed by atoms with Gasteiger partial charge in [0.1, 0.15) is 6.54 Å². The van der Waals surface area contributed by atoms with Crippen LogP contribution in [0.2, 0.25) is 0 Å². The SMILES string of the molecule is CC(=O)N(c1nnc(SC(C)C(=O)NCC(F)(F)F)s1)C1CC1. The van der Waals surface area contributed by atoms with Crippen LogP contribution < -0.4 is 10.2 Å². The third-order valence-corrected chi connectivity index (χ3v) is 5.07. The van der Waals surface area contributed by atoms with E-state index in [9.17, 15) is 22.8 Å². The van der Waals surface area contributed by atoms with Crippen molar-refractivity contribution in [2.24, 2.45) is 0 Å². The summed E-state index contributed by atoms with van der Waals surface area (Å²) >= 11 is 2.16. The minimum Gasteiger partial charge on any atom is -0.346 e. The van der Waals surface area contributed by atoms with Gasteiger partial charge in [-0.15, -0.1) is 10.2 Å². The van der Waals surface area contributed by atoms with E-state index in [1.54, 1.807) is 4.90 Å². The number of hydrogen-bond donors (Lipinski definition) is 1. The van der Waals surface area contributed by atoms with Crippen molar-refractivity contribution < 1.29 is 22.8 Å². The van der Waals surface area contributed by atoms with Gasteiger partial charge < -0.3 is 5.32 Å². The maximum atomic E-state index is 12.1. The minimum atomic E-state index is -4.44. The smallest absolute Gasteiger partial charge is 0.346 e. The molecule has 0 spiro atoms. The summed E-state index contributed by atoms with van der Waals surface area (Å²) in [6, 6.07) is 0.144. The lowest BCUT2D eigenvalue weighted by Crippen LogP contribution is -2.37. The monoisotopic (exact) mass is 368 g/mol. The van der Waals surface area contributed by atoms with Gasteiger partial charge in [-0.1, -0.05) is 23.1 Å². The highest BCUT2D eigenvalue weighted by Crippen LogP contribution is 2.36. The molecule has 1 N–H and O–H groups in total. The fraction of sp³-hybridized carbons (Fsp3) is 0.667. The van der Waals surface area contributed by atoms with E-state index in [1.807, 2.05) is 5.32 Å². The summed E-state index contributed by atoms with van der Waals surface area (Å²) in [5.74, 6) is -0.856. The van der Waals surface area contributed by atoms with Gasteiger partial charge in [0.15, 0.2) is 4.34 Å². The van der Waals surface area contributed by atoms with Crippen molar-refractivity contribution in [3.63, 3.8) is 0 Å². The largest absolute Gasteiger partial charge is 0.405 e. The highest BCUT2D eigenvalue weighted by Gasteiger charge is 2.34. The van der Waals surface area contributed by atoms with E-state index < -0.39 is 23.9 Å². The van der Waals surface area contributed by atoms with E-state index in [-0.39, 0.29) is 11.9 Å². The molecule has 0 aromatic carbocycles. The quantitative estimate of drug-likeness (QED) is 0.616. The molecule has 0 radical (unpaired) electrons. The topological polar surface area (TPSA) is 75.2 Å². The van der Waals surface area contributed by atoms with Crippen LogP contribution >= 0.6 is 23.1 Å². The lowest BCUT2D eigenvalue weighted by molar-refractivity contribution is -0.137. The molecule has 1 aliphatic carbocycles. The maximum Gasteiger partial charge on any atom is 0.405 e. The Morgan fingerprint density at radius 2 is 2.09 bits per heavy atom. The lowest BCUT2D eigenvalue weighted by atomic mass is 10.4. The number of aromatic nitrogens is 2. The summed E-state index contributed by atoms with van der Waals surface area (Å²) < 4.78 is 36.7. The van der Waals surface area contributed by atoms with E-state index in [1.165, 1.54) is 13.8 Å². The van der Waals surface area contributed by atoms with E-state index in [4.69, 9.17) is 0 Å². The summed E-state index contributed by atoms with van der Waals surface area (Å²) in [6.45, 7) is 1.57. The molecule has 6 nitrogen and oxygen atoms in total. The van der Waals surface area contributed by atoms with Crippen LogP contribution in [0.15, 0.2) is 4.34 Å². The predicted octanol–water partition coefficient (Wildman–Crippen LogP) is 2.21. The summed E-state index contributed by atoms with van der Waals surface area (Å²) in [5.41, 5.74) is 0. The van der Waals surface area contributed by atoms with E-state index in [2.05, 4.69) is 10.2 Å². The van der Waals surface area contributed by atoms with E-state index in [0.717, 1.165) is 35.9 Å². The number of nitrogens with one attached hydrogen (secondary N) is 1. The van der Waals surface area contributed by atoms with E-state index in [0.29, 0.717) is 9.47 Å². The number of carbonyl (C=O) groups excluding carboxylic acids is 2. The van der Waals surface area contributed by atoms with Crippen LogP contribution in [0, 0.1) is 0 Å². The first-order valence-corrected chi connectivity index (χ1v) is 8.51. The number of nitrogens with zero attached hydrogens (tertiary/aromatic N) is 3. The lowest BCUT2D eigenvalue weighted by Gasteiger charge is -2.15. The van der Waals surface area contributed by atoms with Crippen molar-refractivity contribution in [1.82, 2.24) is 15.5 Å². The first-order valence-electron chi connectivity index (χ1n) is 6.82. The summed E-state index contributed by atoms with van der Waals surface area (Å²) in [4.78, 5) is 24.8. The second-order valence-electron chi connectivity index (χ2n) is 5.06.